The van der Waals surface area contributed by atoms with E-state index in [-0.39, 0.29) is 34.3 Å². The van der Waals surface area contributed by atoms with Crippen LogP contribution in [0.15, 0.2) is 126 Å². The Hall–Kier alpha value is -4.35. The van der Waals surface area contributed by atoms with Gasteiger partial charge in [-0.05, 0) is 45.7 Å². The fourth-order valence-corrected chi connectivity index (χ4v) is 7.36. The highest BCUT2D eigenvalue weighted by Crippen LogP contribution is 2.60. The minimum absolute atomic E-state index is 0. The molecule has 7 N–H and O–H groups in total. The third-order valence-corrected chi connectivity index (χ3v) is 10.1. The molecule has 5 aromatic rings. The summed E-state index contributed by atoms with van der Waals surface area (Å²) in [7, 11) is -9.51. The highest BCUT2D eigenvalue weighted by molar-refractivity contribution is 7.89. The van der Waals surface area contributed by atoms with Crippen LogP contribution < -0.4 is 15.8 Å². The number of rotatable bonds is 10. The molecule has 0 bridgehead atoms. The Bertz CT molecular complexity index is 2020. The molecule has 0 saturated heterocycles. The number of hydrogen-bond acceptors (Lipinski definition) is 5. The van der Waals surface area contributed by atoms with Crippen molar-refractivity contribution < 1.29 is 27.6 Å². The number of carbonyl (C=O) groups excluding carboxylic acids is 1. The van der Waals surface area contributed by atoms with Crippen LogP contribution in [0.2, 0.25) is 0 Å². The summed E-state index contributed by atoms with van der Waals surface area (Å²) in [6.07, 6.45) is 0. The van der Waals surface area contributed by atoms with Gasteiger partial charge >= 0.3 is 7.60 Å². The lowest BCUT2D eigenvalue weighted by molar-refractivity contribution is -0.121. The average Bonchev–Trinajstić information content (AvgIpc) is 3.02. The molecule has 0 fully saturated rings. The molecule has 232 valence electrons. The van der Waals surface area contributed by atoms with Gasteiger partial charge in [-0.1, -0.05) is 103 Å². The lowest BCUT2D eigenvalue weighted by Crippen LogP contribution is -2.50. The van der Waals surface area contributed by atoms with Crippen LogP contribution in [-0.2, 0) is 24.7 Å². The summed E-state index contributed by atoms with van der Waals surface area (Å²) in [4.78, 5) is 35.5. The van der Waals surface area contributed by atoms with Crippen LogP contribution in [0.4, 0.5) is 0 Å². The second-order valence-electron chi connectivity index (χ2n) is 10.0. The Morgan fingerprint density at radius 3 is 2.04 bits per heavy atom. The molecule has 0 aliphatic rings. The van der Waals surface area contributed by atoms with E-state index in [9.17, 15) is 27.6 Å². The van der Waals surface area contributed by atoms with Crippen molar-refractivity contribution >= 4 is 52.5 Å². The molecule has 1 amide bonds. The number of hydrogen-bond donors (Lipinski definition) is 6. The van der Waals surface area contributed by atoms with Crippen LogP contribution in [-0.4, -0.2) is 36.5 Å². The molecular weight excluding hydrogens is 635 g/mol. The Morgan fingerprint density at radius 2 is 1.42 bits per heavy atom. The van der Waals surface area contributed by atoms with E-state index < -0.39 is 35.4 Å². The highest BCUT2D eigenvalue weighted by Gasteiger charge is 2.52. The number of amides is 1. The third kappa shape index (κ3) is 6.84. The molecule has 0 saturated carbocycles. The first-order valence-electron chi connectivity index (χ1n) is 13.4. The van der Waals surface area contributed by atoms with Gasteiger partial charge in [0, 0.05) is 11.1 Å². The predicted molar refractivity (Wildman–Crippen MR) is 177 cm³/mol. The minimum Gasteiger partial charge on any atom is -0.384 e. The van der Waals surface area contributed by atoms with Crippen molar-refractivity contribution in [3.8, 4) is 11.1 Å². The van der Waals surface area contributed by atoms with Crippen molar-refractivity contribution in [3.63, 3.8) is 0 Å². The van der Waals surface area contributed by atoms with E-state index in [1.165, 1.54) is 42.5 Å². The molecule has 0 aliphatic carbocycles. The molecule has 0 aromatic heterocycles. The number of fused-ring (bicyclic) bond motifs is 1. The Labute approximate surface area is 266 Å². The van der Waals surface area contributed by atoms with E-state index >= 15 is 0 Å². The van der Waals surface area contributed by atoms with E-state index in [0.717, 1.165) is 5.39 Å². The normalized spacial score (nSPS) is 12.9. The van der Waals surface area contributed by atoms with Gasteiger partial charge in [-0.3, -0.25) is 14.8 Å². The molecule has 0 heterocycles. The zero-order chi connectivity index (χ0) is 31.5. The van der Waals surface area contributed by atoms with E-state index in [1.54, 1.807) is 66.7 Å². The van der Waals surface area contributed by atoms with Crippen LogP contribution in [0.3, 0.4) is 0 Å². The number of amidine groups is 1. The molecule has 1 atom stereocenters. The van der Waals surface area contributed by atoms with Crippen LogP contribution >= 0.6 is 20.0 Å². The van der Waals surface area contributed by atoms with Crippen LogP contribution in [0.1, 0.15) is 16.7 Å². The summed E-state index contributed by atoms with van der Waals surface area (Å²) in [5, 5.41) is 9.52. The van der Waals surface area contributed by atoms with Gasteiger partial charge in [-0.2, -0.15) is 0 Å². The summed E-state index contributed by atoms with van der Waals surface area (Å²) in [5.74, 6) is -1.25. The number of halogens is 1. The molecular formula is C32H30ClN4O6PS. The Kier molecular flexibility index (Phi) is 9.94. The maximum atomic E-state index is 13.6. The van der Waals surface area contributed by atoms with Gasteiger partial charge < -0.3 is 20.8 Å². The third-order valence-electron chi connectivity index (χ3n) is 7.21. The minimum atomic E-state index is -5.33. The fourth-order valence-electron chi connectivity index (χ4n) is 5.08. The zero-order valence-electron chi connectivity index (χ0n) is 23.6. The van der Waals surface area contributed by atoms with E-state index in [2.05, 4.69) is 10.0 Å². The standard InChI is InChI=1S/C32H29N4O6PS.ClH/c33-31(34)25-16-18-29(28(20-25)23-10-3-1-4-11-23)32(43(38,39)40,26-13-5-2-6-14-26)36-30(37)21-35-44(41,42)27-17-15-22-9-7-8-12-24(22)19-27;/h1-20,35H,21H2,(H3,33,34)(H,36,37)(H2,38,39,40);1H. The van der Waals surface area contributed by atoms with Crippen molar-refractivity contribution in [3.05, 3.63) is 138 Å². The average molecular weight is 665 g/mol. The summed E-state index contributed by atoms with van der Waals surface area (Å²) in [6.45, 7) is -0.810. The molecule has 1 unspecified atom stereocenters. The lowest BCUT2D eigenvalue weighted by atomic mass is 9.88. The molecule has 13 heteroatoms. The first kappa shape index (κ1) is 33.5. The quantitative estimate of drug-likeness (QED) is 0.0711. The highest BCUT2D eigenvalue weighted by atomic mass is 35.5. The number of carbonyl (C=O) groups is 1. The van der Waals surface area contributed by atoms with Crippen molar-refractivity contribution in [1.82, 2.24) is 10.0 Å². The van der Waals surface area contributed by atoms with Gasteiger partial charge in [0.25, 0.3) is 0 Å². The van der Waals surface area contributed by atoms with Gasteiger partial charge in [-0.25, -0.2) is 13.1 Å². The molecule has 45 heavy (non-hydrogen) atoms. The van der Waals surface area contributed by atoms with Crippen molar-refractivity contribution in [2.24, 2.45) is 5.73 Å². The molecule has 0 radical (unpaired) electrons. The summed E-state index contributed by atoms with van der Waals surface area (Å²) < 4.78 is 42.2. The smallest absolute Gasteiger partial charge is 0.360 e. The summed E-state index contributed by atoms with van der Waals surface area (Å²) in [6, 6.07) is 32.5. The predicted octanol–water partition coefficient (Wildman–Crippen LogP) is 4.69. The lowest BCUT2D eigenvalue weighted by Gasteiger charge is -2.37. The Morgan fingerprint density at radius 1 is 0.822 bits per heavy atom. The molecule has 5 rings (SSSR count). The van der Waals surface area contributed by atoms with Crippen LogP contribution in [0.5, 0.6) is 0 Å². The molecule has 0 aliphatic heterocycles. The monoisotopic (exact) mass is 664 g/mol. The number of nitrogens with one attached hydrogen (secondary N) is 3. The maximum Gasteiger partial charge on any atom is 0.360 e. The SMILES string of the molecule is Cl.N=C(N)c1ccc(C(NC(=O)CNS(=O)(=O)c2ccc3ccccc3c2)(c2ccccc2)P(=O)(O)O)c(-c2ccccc2)c1. The number of benzene rings is 5. The molecule has 0 spiro atoms. The van der Waals surface area contributed by atoms with Gasteiger partial charge in [0.05, 0.1) is 11.4 Å². The topological polar surface area (TPSA) is 183 Å². The second kappa shape index (κ2) is 13.3. The maximum absolute atomic E-state index is 13.6. The van der Waals surface area contributed by atoms with Crippen molar-refractivity contribution in [2.75, 3.05) is 6.54 Å². The van der Waals surface area contributed by atoms with Gasteiger partial charge in [0.1, 0.15) is 5.84 Å². The fraction of sp³-hybridized carbons (Fsp3) is 0.0625. The number of nitrogen functional groups attached to an aromatic ring is 1. The molecule has 10 nitrogen and oxygen atoms in total. The summed E-state index contributed by atoms with van der Waals surface area (Å²) >= 11 is 0. The summed E-state index contributed by atoms with van der Waals surface area (Å²) in [5.41, 5.74) is 7.00. The van der Waals surface area contributed by atoms with Gasteiger partial charge in [0.2, 0.25) is 15.9 Å². The second-order valence-corrected chi connectivity index (χ2v) is 13.6. The first-order chi connectivity index (χ1) is 20.9. The van der Waals surface area contributed by atoms with E-state index in [4.69, 9.17) is 11.1 Å². The van der Waals surface area contributed by atoms with Crippen molar-refractivity contribution in [2.45, 2.75) is 10.2 Å². The zero-order valence-corrected chi connectivity index (χ0v) is 26.2. The number of sulfonamides is 1. The van der Waals surface area contributed by atoms with Crippen LogP contribution in [0.25, 0.3) is 21.9 Å². The first-order valence-corrected chi connectivity index (χ1v) is 16.5. The van der Waals surface area contributed by atoms with E-state index in [0.29, 0.717) is 22.1 Å². The molecule has 5 aromatic carbocycles. The largest absolute Gasteiger partial charge is 0.384 e. The van der Waals surface area contributed by atoms with E-state index in [1.807, 2.05) is 12.1 Å². The number of nitrogens with two attached hydrogens (primary N) is 1. The Balaban J connectivity index is 0.00000461. The van der Waals surface area contributed by atoms with Crippen molar-refractivity contribution in [1.29, 1.82) is 5.41 Å². The van der Waals surface area contributed by atoms with Crippen LogP contribution in [0, 0.1) is 5.41 Å². The van der Waals surface area contributed by atoms with Gasteiger partial charge in [0.15, 0.2) is 5.28 Å². The van der Waals surface area contributed by atoms with Gasteiger partial charge in [-0.15, -0.1) is 12.4 Å².